The number of halogens is 1. The molecule has 88 valence electrons. The van der Waals surface area contributed by atoms with Crippen LogP contribution in [0.5, 0.6) is 0 Å². The van der Waals surface area contributed by atoms with Gasteiger partial charge in [0.05, 0.1) is 18.6 Å². The summed E-state index contributed by atoms with van der Waals surface area (Å²) in [5.41, 5.74) is 0. The van der Waals surface area contributed by atoms with E-state index >= 15 is 0 Å². The van der Waals surface area contributed by atoms with E-state index in [1.807, 2.05) is 0 Å². The molecule has 0 amide bonds. The Kier molecular flexibility index (Phi) is 3.59. The highest BCUT2D eigenvalue weighted by Gasteiger charge is 2.45. The molecule has 1 heterocycles. The van der Waals surface area contributed by atoms with E-state index in [0.29, 0.717) is 12.5 Å². The molecule has 1 spiro atoms. The minimum Gasteiger partial charge on any atom is -0.347 e. The first-order valence-electron chi connectivity index (χ1n) is 6.03. The average Bonchev–Trinajstić information content (AvgIpc) is 2.61. The second kappa shape index (κ2) is 4.60. The van der Waals surface area contributed by atoms with Crippen molar-refractivity contribution in [2.24, 2.45) is 11.8 Å². The average molecular weight is 233 g/mol. The van der Waals surface area contributed by atoms with Crippen molar-refractivity contribution in [3.8, 4) is 0 Å². The lowest BCUT2D eigenvalue weighted by Gasteiger charge is -2.38. The zero-order chi connectivity index (χ0) is 10.9. The van der Waals surface area contributed by atoms with Crippen LogP contribution in [0, 0.1) is 11.8 Å². The minimum atomic E-state index is -0.285. The summed E-state index contributed by atoms with van der Waals surface area (Å²) in [6.45, 7) is 5.25. The second-order valence-corrected chi connectivity index (χ2v) is 5.52. The Morgan fingerprint density at radius 3 is 2.87 bits per heavy atom. The molecule has 0 aromatic carbocycles. The van der Waals surface area contributed by atoms with Crippen LogP contribution < -0.4 is 0 Å². The summed E-state index contributed by atoms with van der Waals surface area (Å²) in [5.74, 6) is 1.73. The molecular formula is C12H21ClO2. The maximum atomic E-state index is 5.97. The smallest absolute Gasteiger partial charge is 0.169 e. The lowest BCUT2D eigenvalue weighted by Crippen LogP contribution is -2.38. The van der Waals surface area contributed by atoms with Crippen molar-refractivity contribution in [1.82, 2.24) is 0 Å². The van der Waals surface area contributed by atoms with Gasteiger partial charge in [0.1, 0.15) is 0 Å². The predicted octanol–water partition coefficient (Wildman–Crippen LogP) is 3.18. The fraction of sp³-hybridized carbons (Fsp3) is 1.00. The van der Waals surface area contributed by atoms with Gasteiger partial charge in [-0.25, -0.2) is 0 Å². The van der Waals surface area contributed by atoms with Crippen LogP contribution in [-0.2, 0) is 9.47 Å². The molecule has 3 unspecified atom stereocenters. The number of alkyl halides is 1. The summed E-state index contributed by atoms with van der Waals surface area (Å²) in [5, 5.41) is 0. The zero-order valence-corrected chi connectivity index (χ0v) is 10.4. The summed E-state index contributed by atoms with van der Waals surface area (Å²) in [6.07, 6.45) is 4.74. The van der Waals surface area contributed by atoms with E-state index in [4.69, 9.17) is 21.1 Å². The van der Waals surface area contributed by atoms with E-state index in [0.717, 1.165) is 24.7 Å². The second-order valence-electron chi connectivity index (χ2n) is 5.22. The lowest BCUT2D eigenvalue weighted by atomic mass is 9.78. The molecule has 1 saturated carbocycles. The van der Waals surface area contributed by atoms with Crippen LogP contribution in [0.3, 0.4) is 0 Å². The van der Waals surface area contributed by atoms with Crippen molar-refractivity contribution in [2.45, 2.75) is 51.4 Å². The van der Waals surface area contributed by atoms with Gasteiger partial charge in [-0.05, 0) is 24.7 Å². The zero-order valence-electron chi connectivity index (χ0n) is 9.67. The normalized spacial score (nSPS) is 41.6. The van der Waals surface area contributed by atoms with Gasteiger partial charge in [-0.1, -0.05) is 13.8 Å². The fourth-order valence-corrected chi connectivity index (χ4v) is 2.89. The van der Waals surface area contributed by atoms with Crippen molar-refractivity contribution in [3.05, 3.63) is 0 Å². The molecule has 2 nitrogen and oxygen atoms in total. The Morgan fingerprint density at radius 1 is 1.47 bits per heavy atom. The Morgan fingerprint density at radius 2 is 2.27 bits per heavy atom. The first-order chi connectivity index (χ1) is 7.15. The highest BCUT2D eigenvalue weighted by molar-refractivity contribution is 6.18. The van der Waals surface area contributed by atoms with Crippen LogP contribution in [0.2, 0.25) is 0 Å². The molecule has 2 aliphatic rings. The SMILES string of the molecule is CC(C)C1CCCC2(C1)OCC(CCl)O2. The molecule has 0 aromatic rings. The van der Waals surface area contributed by atoms with Crippen molar-refractivity contribution in [1.29, 1.82) is 0 Å². The number of ether oxygens (including phenoxy) is 2. The summed E-state index contributed by atoms with van der Waals surface area (Å²) in [4.78, 5) is 0. The van der Waals surface area contributed by atoms with Crippen LogP contribution in [0.15, 0.2) is 0 Å². The topological polar surface area (TPSA) is 18.5 Å². The van der Waals surface area contributed by atoms with Gasteiger partial charge in [-0.3, -0.25) is 0 Å². The molecule has 3 atom stereocenters. The lowest BCUT2D eigenvalue weighted by molar-refractivity contribution is -0.197. The molecule has 3 heteroatoms. The van der Waals surface area contributed by atoms with Gasteiger partial charge in [0.15, 0.2) is 5.79 Å². The van der Waals surface area contributed by atoms with Crippen LogP contribution in [-0.4, -0.2) is 24.4 Å². The van der Waals surface area contributed by atoms with E-state index in [-0.39, 0.29) is 11.9 Å². The largest absolute Gasteiger partial charge is 0.347 e. The molecule has 0 bridgehead atoms. The van der Waals surface area contributed by atoms with Gasteiger partial charge in [-0.2, -0.15) is 0 Å². The van der Waals surface area contributed by atoms with Crippen LogP contribution in [0.1, 0.15) is 39.5 Å². The number of rotatable bonds is 2. The Bertz CT molecular complexity index is 220. The molecule has 15 heavy (non-hydrogen) atoms. The molecule has 0 N–H and O–H groups in total. The first kappa shape index (κ1) is 11.7. The van der Waals surface area contributed by atoms with Crippen molar-refractivity contribution >= 4 is 11.6 Å². The molecule has 1 aliphatic heterocycles. The third-order valence-corrected chi connectivity index (χ3v) is 4.08. The van der Waals surface area contributed by atoms with Crippen LogP contribution >= 0.6 is 11.6 Å². The highest BCUT2D eigenvalue weighted by Crippen LogP contribution is 2.42. The first-order valence-corrected chi connectivity index (χ1v) is 6.56. The maximum absolute atomic E-state index is 5.97. The number of hydrogen-bond donors (Lipinski definition) is 0. The van der Waals surface area contributed by atoms with Gasteiger partial charge >= 0.3 is 0 Å². The van der Waals surface area contributed by atoms with E-state index in [9.17, 15) is 0 Å². The quantitative estimate of drug-likeness (QED) is 0.681. The van der Waals surface area contributed by atoms with Crippen molar-refractivity contribution < 1.29 is 9.47 Å². The Labute approximate surface area is 97.3 Å². The molecule has 2 rings (SSSR count). The van der Waals surface area contributed by atoms with Gasteiger partial charge in [0.25, 0.3) is 0 Å². The molecule has 1 aliphatic carbocycles. The van der Waals surface area contributed by atoms with Crippen molar-refractivity contribution in [3.63, 3.8) is 0 Å². The van der Waals surface area contributed by atoms with Crippen LogP contribution in [0.25, 0.3) is 0 Å². The molecular weight excluding hydrogens is 212 g/mol. The predicted molar refractivity (Wildman–Crippen MR) is 61.1 cm³/mol. The fourth-order valence-electron chi connectivity index (χ4n) is 2.74. The molecule has 0 aromatic heterocycles. The Hall–Kier alpha value is 0.210. The maximum Gasteiger partial charge on any atom is 0.169 e. The third kappa shape index (κ3) is 2.48. The van der Waals surface area contributed by atoms with Gasteiger partial charge in [0, 0.05) is 12.8 Å². The number of hydrogen-bond acceptors (Lipinski definition) is 2. The summed E-state index contributed by atoms with van der Waals surface area (Å²) in [7, 11) is 0. The highest BCUT2D eigenvalue weighted by atomic mass is 35.5. The minimum absolute atomic E-state index is 0.109. The molecule has 0 radical (unpaired) electrons. The third-order valence-electron chi connectivity index (χ3n) is 3.73. The van der Waals surface area contributed by atoms with E-state index in [2.05, 4.69) is 13.8 Å². The monoisotopic (exact) mass is 232 g/mol. The molecule has 1 saturated heterocycles. The van der Waals surface area contributed by atoms with Crippen LogP contribution in [0.4, 0.5) is 0 Å². The van der Waals surface area contributed by atoms with Crippen molar-refractivity contribution in [2.75, 3.05) is 12.5 Å². The summed E-state index contributed by atoms with van der Waals surface area (Å²) >= 11 is 5.80. The van der Waals surface area contributed by atoms with Gasteiger partial charge < -0.3 is 9.47 Å². The van der Waals surface area contributed by atoms with Gasteiger partial charge in [0.2, 0.25) is 0 Å². The molecule has 2 fully saturated rings. The Balaban J connectivity index is 1.97. The van der Waals surface area contributed by atoms with E-state index in [1.54, 1.807) is 0 Å². The van der Waals surface area contributed by atoms with E-state index < -0.39 is 0 Å². The summed E-state index contributed by atoms with van der Waals surface area (Å²) < 4.78 is 11.8. The standard InChI is InChI=1S/C12H21ClO2/c1-9(2)10-4-3-5-12(6-10)14-8-11(7-13)15-12/h9-11H,3-8H2,1-2H3. The van der Waals surface area contributed by atoms with Gasteiger partial charge in [-0.15, -0.1) is 11.6 Å². The summed E-state index contributed by atoms with van der Waals surface area (Å²) in [6, 6.07) is 0. The van der Waals surface area contributed by atoms with E-state index in [1.165, 1.54) is 12.8 Å².